The molecule has 2 aliphatic heterocycles. The smallest absolute Gasteiger partial charge is 0.274 e. The summed E-state index contributed by atoms with van der Waals surface area (Å²) < 4.78 is 0. The highest BCUT2D eigenvalue weighted by Crippen LogP contribution is 2.22. The van der Waals surface area contributed by atoms with Crippen LogP contribution in [-0.4, -0.2) is 70.0 Å². The molecule has 2 aromatic rings. The number of hydrogen-bond donors (Lipinski definition) is 2. The van der Waals surface area contributed by atoms with E-state index < -0.39 is 5.91 Å². The molecule has 2 aliphatic rings. The van der Waals surface area contributed by atoms with Crippen LogP contribution in [0.1, 0.15) is 58.5 Å². The molecule has 0 radical (unpaired) electrons. The first kappa shape index (κ1) is 23.4. The second kappa shape index (κ2) is 10.5. The van der Waals surface area contributed by atoms with E-state index in [1.54, 1.807) is 17.6 Å². The molecule has 7 nitrogen and oxygen atoms in total. The first-order valence-electron chi connectivity index (χ1n) is 11.8. The van der Waals surface area contributed by atoms with Crippen molar-refractivity contribution in [2.45, 2.75) is 51.9 Å². The van der Waals surface area contributed by atoms with E-state index in [1.165, 1.54) is 31.5 Å². The van der Waals surface area contributed by atoms with Crippen LogP contribution in [0.3, 0.4) is 0 Å². The molecule has 0 saturated carbocycles. The van der Waals surface area contributed by atoms with E-state index in [9.17, 15) is 9.59 Å². The van der Waals surface area contributed by atoms with E-state index >= 15 is 0 Å². The fraction of sp³-hybridized carbons (Fsp3) is 0.462. The number of nitrogens with zero attached hydrogens (tertiary/aromatic N) is 3. The van der Waals surface area contributed by atoms with Crippen molar-refractivity contribution >= 4 is 11.8 Å². The number of nitrogens with one attached hydrogen (secondary N) is 1. The Kier molecular flexibility index (Phi) is 7.42. The molecule has 7 heteroatoms. The number of hydroxylamine groups is 1. The Balaban J connectivity index is 1.35. The van der Waals surface area contributed by atoms with Gasteiger partial charge in [0, 0.05) is 49.4 Å². The van der Waals surface area contributed by atoms with Crippen LogP contribution in [0.25, 0.3) is 0 Å². The van der Waals surface area contributed by atoms with Gasteiger partial charge in [0.1, 0.15) is 0 Å². The molecule has 176 valence electrons. The number of amides is 2. The monoisotopic (exact) mass is 450 g/mol. The van der Waals surface area contributed by atoms with Crippen LogP contribution < -0.4 is 5.48 Å². The Labute approximate surface area is 195 Å². The normalized spacial score (nSPS) is 21.8. The van der Waals surface area contributed by atoms with Crippen molar-refractivity contribution in [1.29, 1.82) is 0 Å². The number of carbonyl (C=O) groups is 2. The molecule has 4 rings (SSSR count). The van der Waals surface area contributed by atoms with Gasteiger partial charge >= 0.3 is 0 Å². The van der Waals surface area contributed by atoms with Gasteiger partial charge in [-0.05, 0) is 75.2 Å². The third kappa shape index (κ3) is 5.61. The van der Waals surface area contributed by atoms with Crippen molar-refractivity contribution in [2.24, 2.45) is 0 Å². The zero-order chi connectivity index (χ0) is 23.4. The Bertz CT molecular complexity index is 943. The van der Waals surface area contributed by atoms with Crippen LogP contribution in [0.15, 0.2) is 48.5 Å². The van der Waals surface area contributed by atoms with Crippen LogP contribution in [0.4, 0.5) is 0 Å². The zero-order valence-corrected chi connectivity index (χ0v) is 19.5. The number of likely N-dealkylation sites (tertiary alicyclic amines) is 1. The lowest BCUT2D eigenvalue weighted by Gasteiger charge is -2.44. The maximum atomic E-state index is 13.3. The van der Waals surface area contributed by atoms with Crippen molar-refractivity contribution in [2.75, 3.05) is 26.2 Å². The number of carbonyl (C=O) groups excluding carboxylic acids is 2. The summed E-state index contributed by atoms with van der Waals surface area (Å²) in [6.07, 6.45) is 2.56. The minimum absolute atomic E-state index is 0.0988. The van der Waals surface area contributed by atoms with Crippen molar-refractivity contribution in [1.82, 2.24) is 20.2 Å². The average molecular weight is 451 g/mol. The number of rotatable bonds is 6. The van der Waals surface area contributed by atoms with Crippen LogP contribution >= 0.6 is 0 Å². The molecule has 0 bridgehead atoms. The maximum absolute atomic E-state index is 13.3. The Morgan fingerprint density at radius 3 is 1.82 bits per heavy atom. The van der Waals surface area contributed by atoms with Crippen LogP contribution in [0.2, 0.25) is 0 Å². The lowest BCUT2D eigenvalue weighted by Crippen LogP contribution is -2.58. The van der Waals surface area contributed by atoms with Gasteiger partial charge in [0.25, 0.3) is 11.8 Å². The molecule has 2 amide bonds. The molecule has 2 saturated heterocycles. The van der Waals surface area contributed by atoms with Gasteiger partial charge in [-0.1, -0.05) is 24.3 Å². The third-order valence-corrected chi connectivity index (χ3v) is 6.76. The van der Waals surface area contributed by atoms with Crippen molar-refractivity contribution < 1.29 is 14.8 Å². The fourth-order valence-electron chi connectivity index (χ4n) is 5.15. The second-order valence-electron chi connectivity index (χ2n) is 9.42. The Hall–Kier alpha value is -2.74. The molecule has 2 N–H and O–H groups in total. The lowest BCUT2D eigenvalue weighted by molar-refractivity contribution is 0.0268. The predicted molar refractivity (Wildman–Crippen MR) is 127 cm³/mol. The van der Waals surface area contributed by atoms with E-state index in [0.29, 0.717) is 5.56 Å². The minimum Gasteiger partial charge on any atom is -0.331 e. The molecule has 0 aliphatic carbocycles. The van der Waals surface area contributed by atoms with E-state index in [4.69, 9.17) is 5.21 Å². The van der Waals surface area contributed by atoms with Gasteiger partial charge in [-0.2, -0.15) is 0 Å². The summed E-state index contributed by atoms with van der Waals surface area (Å²) in [5.74, 6) is -0.415. The number of benzene rings is 2. The second-order valence-corrected chi connectivity index (χ2v) is 9.42. The SMILES string of the molecule is C[C@@H]1CN(Cc2ccc(C(=O)NO)cc2)C[C@H](C)N1C(=O)c1ccc(CN2CCCC2)cc1. The third-order valence-electron chi connectivity index (χ3n) is 6.76. The average Bonchev–Trinajstić information content (AvgIpc) is 3.32. The van der Waals surface area contributed by atoms with Gasteiger partial charge in [0.2, 0.25) is 0 Å². The van der Waals surface area contributed by atoms with Gasteiger partial charge in [0.15, 0.2) is 0 Å². The first-order chi connectivity index (χ1) is 15.9. The molecule has 0 aromatic heterocycles. The van der Waals surface area contributed by atoms with Gasteiger partial charge in [-0.25, -0.2) is 5.48 Å². The van der Waals surface area contributed by atoms with E-state index in [-0.39, 0.29) is 18.0 Å². The highest BCUT2D eigenvalue weighted by Gasteiger charge is 2.33. The zero-order valence-electron chi connectivity index (χ0n) is 19.5. The topological polar surface area (TPSA) is 76.1 Å². The van der Waals surface area contributed by atoms with Crippen LogP contribution in [0.5, 0.6) is 0 Å². The highest BCUT2D eigenvalue weighted by molar-refractivity contribution is 5.95. The van der Waals surface area contributed by atoms with Gasteiger partial charge in [-0.3, -0.25) is 24.6 Å². The van der Waals surface area contributed by atoms with E-state index in [1.807, 2.05) is 29.2 Å². The fourth-order valence-corrected chi connectivity index (χ4v) is 5.15. The summed E-state index contributed by atoms with van der Waals surface area (Å²) in [4.78, 5) is 31.6. The molecule has 2 atom stereocenters. The summed E-state index contributed by atoms with van der Waals surface area (Å²) in [6.45, 7) is 9.86. The van der Waals surface area contributed by atoms with Crippen molar-refractivity contribution in [3.05, 3.63) is 70.8 Å². The predicted octanol–water partition coefficient (Wildman–Crippen LogP) is 3.14. The van der Waals surface area contributed by atoms with Crippen molar-refractivity contribution in [3.63, 3.8) is 0 Å². The van der Waals surface area contributed by atoms with Gasteiger partial charge < -0.3 is 4.90 Å². The molecular weight excluding hydrogens is 416 g/mol. The summed E-state index contributed by atoms with van der Waals surface area (Å²) in [5, 5.41) is 8.76. The summed E-state index contributed by atoms with van der Waals surface area (Å²) in [7, 11) is 0. The van der Waals surface area contributed by atoms with Crippen LogP contribution in [0, 0.1) is 0 Å². The van der Waals surface area contributed by atoms with Gasteiger partial charge in [0.05, 0.1) is 0 Å². The largest absolute Gasteiger partial charge is 0.331 e. The van der Waals surface area contributed by atoms with E-state index in [0.717, 1.165) is 37.3 Å². The summed E-state index contributed by atoms with van der Waals surface area (Å²) in [6, 6.07) is 15.6. The Morgan fingerprint density at radius 1 is 0.818 bits per heavy atom. The first-order valence-corrected chi connectivity index (χ1v) is 11.8. The van der Waals surface area contributed by atoms with E-state index in [2.05, 4.69) is 35.8 Å². The van der Waals surface area contributed by atoms with Crippen LogP contribution in [-0.2, 0) is 13.1 Å². The quantitative estimate of drug-likeness (QED) is 0.522. The molecule has 0 spiro atoms. The standard InChI is InChI=1S/C26H34N4O3/c1-19-15-29(18-22-5-9-23(10-6-22)25(31)27-33)16-20(2)30(19)26(32)24-11-7-21(8-12-24)17-28-13-3-4-14-28/h5-12,19-20,33H,3-4,13-18H2,1-2H3,(H,27,31)/t19-,20+. The molecule has 0 unspecified atom stereocenters. The highest BCUT2D eigenvalue weighted by atomic mass is 16.5. The molecule has 33 heavy (non-hydrogen) atoms. The number of piperazine rings is 1. The summed E-state index contributed by atoms with van der Waals surface area (Å²) in [5.41, 5.74) is 5.19. The summed E-state index contributed by atoms with van der Waals surface area (Å²) >= 11 is 0. The molecule has 2 aromatic carbocycles. The molecular formula is C26H34N4O3. The molecule has 2 heterocycles. The Morgan fingerprint density at radius 2 is 1.30 bits per heavy atom. The maximum Gasteiger partial charge on any atom is 0.274 e. The molecule has 2 fully saturated rings. The van der Waals surface area contributed by atoms with Gasteiger partial charge in [-0.15, -0.1) is 0 Å². The van der Waals surface area contributed by atoms with Crippen molar-refractivity contribution in [3.8, 4) is 0 Å². The lowest BCUT2D eigenvalue weighted by atomic mass is 10.0. The number of hydrogen-bond acceptors (Lipinski definition) is 5. The minimum atomic E-state index is -0.514.